The fourth-order valence-electron chi connectivity index (χ4n) is 9.00. The minimum Gasteiger partial charge on any atom is -0.469 e. The average Bonchev–Trinajstić information content (AvgIpc) is 3.12. The molecule has 34 heavy (non-hydrogen) atoms. The minimum atomic E-state index is -1.94. The highest BCUT2D eigenvalue weighted by Crippen LogP contribution is 2.79. The maximum absolute atomic E-state index is 13.7. The monoisotopic (exact) mass is 506 g/mol. The molecule has 1 heterocycles. The van der Waals surface area contributed by atoms with Gasteiger partial charge in [-0.05, 0) is 95.7 Å². The Hall–Kier alpha value is -0.966. The van der Waals surface area contributed by atoms with E-state index in [9.17, 15) is 9.59 Å². The number of carbonyl (C=O) groups excluding carboxylic acids is 2. The molecule has 0 aromatic rings. The predicted octanol–water partition coefficient (Wildman–Crippen LogP) is 5.06. The zero-order valence-electron chi connectivity index (χ0n) is 22.2. The molecule has 0 aromatic carbocycles. The molecule has 1 aliphatic heterocycles. The first kappa shape index (κ1) is 24.7. The number of fused-ring (bicyclic) bond motifs is 1. The van der Waals surface area contributed by atoms with Gasteiger partial charge in [0.1, 0.15) is 5.60 Å². The summed E-state index contributed by atoms with van der Waals surface area (Å²) < 4.78 is 25.7. The second-order valence-corrected chi connectivity index (χ2v) is 22.8. The largest absolute Gasteiger partial charge is 0.469 e. The first-order valence-corrected chi connectivity index (χ1v) is 19.7. The van der Waals surface area contributed by atoms with Crippen LogP contribution in [0.2, 0.25) is 39.3 Å². The minimum absolute atomic E-state index is 0.0409. The molecule has 6 nitrogen and oxygen atoms in total. The third-order valence-electron chi connectivity index (χ3n) is 9.62. The lowest BCUT2D eigenvalue weighted by molar-refractivity contribution is -0.174. The van der Waals surface area contributed by atoms with Crippen molar-refractivity contribution in [2.24, 2.45) is 28.6 Å². The van der Waals surface area contributed by atoms with Crippen molar-refractivity contribution in [1.29, 1.82) is 0 Å². The van der Waals surface area contributed by atoms with Gasteiger partial charge in [-0.1, -0.05) is 6.58 Å². The fraction of sp³-hybridized carbons (Fsp3) is 0.846. The van der Waals surface area contributed by atoms with Crippen molar-refractivity contribution in [3.05, 3.63) is 12.2 Å². The molecule has 5 fully saturated rings. The molecule has 1 saturated heterocycles. The van der Waals surface area contributed by atoms with Gasteiger partial charge in [-0.25, -0.2) is 0 Å². The fourth-order valence-corrected chi connectivity index (χ4v) is 11.7. The number of esters is 2. The molecule has 5 aliphatic rings. The van der Waals surface area contributed by atoms with Crippen molar-refractivity contribution in [1.82, 2.24) is 0 Å². The van der Waals surface area contributed by atoms with E-state index in [1.807, 2.05) is 6.92 Å². The van der Waals surface area contributed by atoms with Gasteiger partial charge in [0.2, 0.25) is 0 Å². The Balaban J connectivity index is 1.70. The van der Waals surface area contributed by atoms with Crippen LogP contribution in [0.15, 0.2) is 12.2 Å². The molecule has 0 N–H and O–H groups in total. The maximum atomic E-state index is 13.7. The molecule has 8 heteroatoms. The van der Waals surface area contributed by atoms with Gasteiger partial charge in [0.25, 0.3) is 0 Å². The molecule has 4 unspecified atom stereocenters. The number of carbonyl (C=O) groups is 2. The van der Waals surface area contributed by atoms with Gasteiger partial charge < -0.3 is 18.3 Å². The highest BCUT2D eigenvalue weighted by Gasteiger charge is 2.85. The van der Waals surface area contributed by atoms with Gasteiger partial charge >= 0.3 is 11.9 Å². The van der Waals surface area contributed by atoms with Crippen molar-refractivity contribution in [2.75, 3.05) is 7.11 Å². The second-order valence-electron chi connectivity index (χ2n) is 13.9. The van der Waals surface area contributed by atoms with Crippen molar-refractivity contribution >= 4 is 28.6 Å². The van der Waals surface area contributed by atoms with E-state index in [1.165, 1.54) is 7.11 Å². The van der Waals surface area contributed by atoms with Crippen LogP contribution in [0.3, 0.4) is 0 Å². The van der Waals surface area contributed by atoms with Crippen LogP contribution in [0.1, 0.15) is 45.4 Å². The molecule has 4 bridgehead atoms. The molecule has 4 saturated carbocycles. The van der Waals surface area contributed by atoms with Gasteiger partial charge in [0.15, 0.2) is 16.6 Å². The molecule has 190 valence electrons. The van der Waals surface area contributed by atoms with E-state index in [-0.39, 0.29) is 35.3 Å². The Morgan fingerprint density at radius 2 is 1.76 bits per heavy atom. The Morgan fingerprint density at radius 3 is 2.35 bits per heavy atom. The molecular weight excluding hydrogens is 464 g/mol. The number of methoxy groups -OCH3 is 1. The van der Waals surface area contributed by atoms with Crippen molar-refractivity contribution in [2.45, 2.75) is 102 Å². The summed E-state index contributed by atoms with van der Waals surface area (Å²) in [7, 11) is -2.33. The van der Waals surface area contributed by atoms with Crippen molar-refractivity contribution in [3.63, 3.8) is 0 Å². The van der Waals surface area contributed by atoms with Crippen LogP contribution in [0.25, 0.3) is 0 Å². The normalized spacial score (nSPS) is 47.3. The lowest BCUT2D eigenvalue weighted by Crippen LogP contribution is -2.59. The lowest BCUT2D eigenvalue weighted by atomic mass is 9.59. The number of hydrogen-bond donors (Lipinski definition) is 0. The third kappa shape index (κ3) is 3.04. The summed E-state index contributed by atoms with van der Waals surface area (Å²) in [5.41, 5.74) is -1.14. The lowest BCUT2D eigenvalue weighted by Gasteiger charge is -2.51. The summed E-state index contributed by atoms with van der Waals surface area (Å²) in [5, 5.41) is 0. The molecule has 4 aliphatic carbocycles. The van der Waals surface area contributed by atoms with E-state index in [2.05, 4.69) is 45.9 Å². The summed E-state index contributed by atoms with van der Waals surface area (Å²) in [6.45, 7) is 19.8. The number of rotatable bonds is 5. The first-order valence-electron chi connectivity index (χ1n) is 12.9. The number of ether oxygens (including phenoxy) is 2. The van der Waals surface area contributed by atoms with Gasteiger partial charge in [0.05, 0.1) is 30.1 Å². The zero-order valence-corrected chi connectivity index (χ0v) is 24.2. The summed E-state index contributed by atoms with van der Waals surface area (Å²) in [6, 6.07) is 0. The van der Waals surface area contributed by atoms with Crippen LogP contribution in [-0.4, -0.2) is 53.0 Å². The topological polar surface area (TPSA) is 71.1 Å². The van der Waals surface area contributed by atoms with E-state index in [0.29, 0.717) is 6.42 Å². The molecule has 0 aromatic heterocycles. The molecule has 1 spiro atoms. The SMILES string of the molecule is C=C1C[C@]23C[C@@]1(O[Si](C)(C)C)CCC2[C@]12OC(=O)C(C)(CC[C@H]1O[Si](C)(C)C)C2C3C(=O)OC. The van der Waals surface area contributed by atoms with Crippen LogP contribution in [0.4, 0.5) is 0 Å². The number of hydrogen-bond acceptors (Lipinski definition) is 6. The van der Waals surface area contributed by atoms with E-state index in [1.54, 1.807) is 0 Å². The van der Waals surface area contributed by atoms with E-state index in [4.69, 9.17) is 18.3 Å². The Kier molecular flexibility index (Phi) is 5.14. The third-order valence-corrected chi connectivity index (χ3v) is 11.6. The molecular formula is C26H42O6Si2. The smallest absolute Gasteiger partial charge is 0.312 e. The van der Waals surface area contributed by atoms with Crippen LogP contribution >= 0.6 is 0 Å². The van der Waals surface area contributed by atoms with Crippen LogP contribution in [0, 0.1) is 28.6 Å². The molecule has 5 rings (SSSR count). The predicted molar refractivity (Wildman–Crippen MR) is 134 cm³/mol. The summed E-state index contributed by atoms with van der Waals surface area (Å²) in [5.74, 6) is -0.993. The highest BCUT2D eigenvalue weighted by molar-refractivity contribution is 6.70. The quantitative estimate of drug-likeness (QED) is 0.295. The Morgan fingerprint density at radius 1 is 1.09 bits per heavy atom. The van der Waals surface area contributed by atoms with Gasteiger partial charge in [0, 0.05) is 11.8 Å². The first-order chi connectivity index (χ1) is 15.5. The Labute approximate surface area is 206 Å². The van der Waals surface area contributed by atoms with E-state index >= 15 is 0 Å². The van der Waals surface area contributed by atoms with Gasteiger partial charge in [-0.3, -0.25) is 9.59 Å². The van der Waals surface area contributed by atoms with E-state index in [0.717, 1.165) is 37.7 Å². The van der Waals surface area contributed by atoms with Crippen LogP contribution in [-0.2, 0) is 27.9 Å². The van der Waals surface area contributed by atoms with Crippen molar-refractivity contribution < 1.29 is 27.9 Å². The van der Waals surface area contributed by atoms with Gasteiger partial charge in [-0.15, -0.1) is 0 Å². The average molecular weight is 507 g/mol. The molecule has 0 amide bonds. The molecule has 0 radical (unpaired) electrons. The van der Waals surface area contributed by atoms with Crippen molar-refractivity contribution in [3.8, 4) is 0 Å². The van der Waals surface area contributed by atoms with Crippen LogP contribution < -0.4 is 0 Å². The van der Waals surface area contributed by atoms with Gasteiger partial charge in [-0.2, -0.15) is 0 Å². The maximum Gasteiger partial charge on any atom is 0.312 e. The van der Waals surface area contributed by atoms with Crippen LogP contribution in [0.5, 0.6) is 0 Å². The molecule has 8 atom stereocenters. The zero-order chi connectivity index (χ0) is 25.1. The highest BCUT2D eigenvalue weighted by atomic mass is 28.4. The summed E-state index contributed by atoms with van der Waals surface area (Å²) in [6.07, 6.45) is 4.50. The van der Waals surface area contributed by atoms with E-state index < -0.39 is 39.2 Å². The Bertz CT molecular complexity index is 952. The second kappa shape index (κ2) is 7.08. The standard InChI is InChI=1S/C26H42O6Si2/c1-16-14-24-15-25(16,32-34(7,8)9)13-10-17(24)26-18(31-33(4,5)6)11-12-23(2,22(28)30-26)20(26)19(24)21(27)29-3/h17-20H,1,10-15H2,2-9H3/t17?,18-,19?,20?,23?,24+,25+,26+/m1/s1. The summed E-state index contributed by atoms with van der Waals surface area (Å²) in [4.78, 5) is 27.2. The summed E-state index contributed by atoms with van der Waals surface area (Å²) >= 11 is 0.